The van der Waals surface area contributed by atoms with Gasteiger partial charge in [0.15, 0.2) is 0 Å². The van der Waals surface area contributed by atoms with Crippen LogP contribution in [0, 0.1) is 17.3 Å². The molecule has 0 saturated heterocycles. The molecule has 3 rings (SSSR count). The topological polar surface area (TPSA) is 74.0 Å². The van der Waals surface area contributed by atoms with E-state index < -0.39 is 4.92 Å². The van der Waals surface area contributed by atoms with E-state index in [0.717, 1.165) is 24.0 Å². The summed E-state index contributed by atoms with van der Waals surface area (Å²) >= 11 is 10.4. The maximum Gasteiger partial charge on any atom is 0.269 e. The summed E-state index contributed by atoms with van der Waals surface area (Å²) in [4.78, 5) is 15.7. The summed E-state index contributed by atoms with van der Waals surface area (Å²) in [5.74, 6) is 0.806. The van der Waals surface area contributed by atoms with Gasteiger partial charge in [-0.25, -0.2) is 0 Å². The predicted octanol–water partition coefficient (Wildman–Crippen LogP) is 6.59. The van der Waals surface area contributed by atoms with Crippen molar-refractivity contribution in [2.45, 2.75) is 13.2 Å². The smallest absolute Gasteiger partial charge is 0.269 e. The normalized spacial score (nSPS) is 10.9. The molecule has 0 aliphatic carbocycles. The van der Waals surface area contributed by atoms with Crippen molar-refractivity contribution in [2.75, 3.05) is 0 Å². The van der Waals surface area contributed by atoms with E-state index in [9.17, 15) is 10.1 Å². The molecule has 0 N–H and O–H groups in total. The fourth-order valence-electron chi connectivity index (χ4n) is 2.50. The Morgan fingerprint density at radius 1 is 1.00 bits per heavy atom. The third-order valence-electron chi connectivity index (χ3n) is 3.95. The molecule has 0 radical (unpaired) electrons. The summed E-state index contributed by atoms with van der Waals surface area (Å²) in [5.41, 5.74) is 2.60. The molecule has 0 aliphatic rings. The van der Waals surface area contributed by atoms with Crippen molar-refractivity contribution >= 4 is 68.7 Å². The summed E-state index contributed by atoms with van der Waals surface area (Å²) in [6.45, 7) is 0.595. The Hall–Kier alpha value is -1.92. The highest BCUT2D eigenvalue weighted by molar-refractivity contribution is 14.1. The van der Waals surface area contributed by atoms with Gasteiger partial charge in [0.1, 0.15) is 19.0 Å². The van der Waals surface area contributed by atoms with Crippen LogP contribution in [0.1, 0.15) is 16.7 Å². The minimum Gasteiger partial charge on any atom is -0.487 e. The van der Waals surface area contributed by atoms with Gasteiger partial charge < -0.3 is 9.57 Å². The molecule has 0 aromatic heterocycles. The lowest BCUT2D eigenvalue weighted by molar-refractivity contribution is -0.384. The van der Waals surface area contributed by atoms with Crippen molar-refractivity contribution in [1.82, 2.24) is 0 Å². The summed E-state index contributed by atoms with van der Waals surface area (Å²) in [5, 5.41) is 15.5. The lowest BCUT2D eigenvalue weighted by atomic mass is 10.2. The molecule has 0 atom stereocenters. The Morgan fingerprint density at radius 2 is 1.70 bits per heavy atom. The highest BCUT2D eigenvalue weighted by Crippen LogP contribution is 2.29. The van der Waals surface area contributed by atoms with Crippen LogP contribution >= 0.6 is 56.8 Å². The Morgan fingerprint density at radius 3 is 2.37 bits per heavy atom. The van der Waals surface area contributed by atoms with Gasteiger partial charge in [-0.15, -0.1) is 0 Å². The van der Waals surface area contributed by atoms with Crippen molar-refractivity contribution in [3.8, 4) is 5.75 Å². The molecule has 0 saturated carbocycles. The molecule has 3 aromatic carbocycles. The first-order valence-electron chi connectivity index (χ1n) is 8.67. The number of ether oxygens (including phenoxy) is 1. The molecule has 0 amide bonds. The zero-order valence-corrected chi connectivity index (χ0v) is 20.5. The number of hydrogen-bond donors (Lipinski definition) is 0. The van der Waals surface area contributed by atoms with E-state index in [-0.39, 0.29) is 12.3 Å². The molecule has 9 heteroatoms. The first-order chi connectivity index (χ1) is 14.4. The van der Waals surface area contributed by atoms with Gasteiger partial charge in [-0.3, -0.25) is 10.1 Å². The van der Waals surface area contributed by atoms with Gasteiger partial charge in [-0.1, -0.05) is 41.0 Å². The van der Waals surface area contributed by atoms with Crippen molar-refractivity contribution in [1.29, 1.82) is 0 Å². The van der Waals surface area contributed by atoms with Crippen LogP contribution < -0.4 is 4.74 Å². The molecule has 154 valence electrons. The predicted molar refractivity (Wildman–Crippen MR) is 133 cm³/mol. The number of nitro groups is 1. The number of rotatable bonds is 8. The van der Waals surface area contributed by atoms with Gasteiger partial charge in [0, 0.05) is 17.2 Å². The van der Waals surface area contributed by atoms with Crippen LogP contribution in [0.5, 0.6) is 5.75 Å². The first kappa shape index (κ1) is 22.8. The molecule has 0 heterocycles. The van der Waals surface area contributed by atoms with E-state index in [1.54, 1.807) is 18.3 Å². The van der Waals surface area contributed by atoms with Crippen LogP contribution in [-0.2, 0) is 18.1 Å². The van der Waals surface area contributed by atoms with E-state index >= 15 is 0 Å². The second kappa shape index (κ2) is 10.9. The van der Waals surface area contributed by atoms with E-state index in [0.29, 0.717) is 17.2 Å². The fourth-order valence-corrected chi connectivity index (χ4v) is 4.75. The molecule has 6 nitrogen and oxygen atoms in total. The van der Waals surface area contributed by atoms with Crippen molar-refractivity contribution < 1.29 is 14.5 Å². The average Bonchev–Trinajstić information content (AvgIpc) is 2.72. The SMILES string of the molecule is O=[N+]([O-])c1cccc(CO/N=C\c2cc(I)c(OCc3ccc(Cl)cc3)c(I)c2)c1. The minimum absolute atomic E-state index is 0.0263. The maximum atomic E-state index is 10.8. The number of non-ortho nitro benzene ring substituents is 1. The quantitative estimate of drug-likeness (QED) is 0.120. The molecule has 30 heavy (non-hydrogen) atoms. The second-order valence-corrected chi connectivity index (χ2v) is 8.92. The van der Waals surface area contributed by atoms with E-state index in [1.165, 1.54) is 12.1 Å². The standard InChI is InChI=1S/C21H15ClI2N2O4/c22-17-6-4-14(5-7-17)12-29-21-19(23)9-16(10-20(21)24)11-25-30-13-15-2-1-3-18(8-15)26(27)28/h1-11H,12-13H2/b25-11-. The lowest BCUT2D eigenvalue weighted by Crippen LogP contribution is -2.00. The van der Waals surface area contributed by atoms with Crippen molar-refractivity contribution in [3.05, 3.63) is 99.6 Å². The lowest BCUT2D eigenvalue weighted by Gasteiger charge is -2.11. The Balaban J connectivity index is 1.59. The summed E-state index contributed by atoms with van der Waals surface area (Å²) in [7, 11) is 0. The van der Waals surface area contributed by atoms with Crippen LogP contribution in [0.15, 0.2) is 65.8 Å². The third kappa shape index (κ3) is 6.54. The van der Waals surface area contributed by atoms with Crippen LogP contribution in [0.25, 0.3) is 0 Å². The van der Waals surface area contributed by atoms with Gasteiger partial charge in [0.2, 0.25) is 0 Å². The number of halogens is 3. The second-order valence-electron chi connectivity index (χ2n) is 6.16. The first-order valence-corrected chi connectivity index (χ1v) is 11.2. The van der Waals surface area contributed by atoms with Crippen LogP contribution in [0.4, 0.5) is 5.69 Å². The van der Waals surface area contributed by atoms with Gasteiger partial charge >= 0.3 is 0 Å². The molecule has 0 fully saturated rings. The van der Waals surface area contributed by atoms with Crippen LogP contribution in [0.3, 0.4) is 0 Å². The number of oxime groups is 1. The van der Waals surface area contributed by atoms with Gasteiger partial charge in [-0.05, 0) is 86.1 Å². The number of benzene rings is 3. The highest BCUT2D eigenvalue weighted by Gasteiger charge is 2.09. The number of hydrogen-bond acceptors (Lipinski definition) is 5. The largest absolute Gasteiger partial charge is 0.487 e. The van der Waals surface area contributed by atoms with E-state index in [4.69, 9.17) is 21.2 Å². The summed E-state index contributed by atoms with van der Waals surface area (Å²) < 4.78 is 7.88. The Kier molecular flexibility index (Phi) is 8.28. The monoisotopic (exact) mass is 648 g/mol. The van der Waals surface area contributed by atoms with Crippen molar-refractivity contribution in [3.63, 3.8) is 0 Å². The Bertz CT molecular complexity index is 1050. The highest BCUT2D eigenvalue weighted by atomic mass is 127. The van der Waals surface area contributed by atoms with E-state index in [2.05, 4.69) is 50.3 Å². The molecular formula is C21H15ClI2N2O4. The van der Waals surface area contributed by atoms with Gasteiger partial charge in [-0.2, -0.15) is 0 Å². The summed E-state index contributed by atoms with van der Waals surface area (Å²) in [6, 6.07) is 17.7. The maximum absolute atomic E-state index is 10.8. The van der Waals surface area contributed by atoms with E-state index in [1.807, 2.05) is 36.4 Å². The molecule has 0 unspecified atom stereocenters. The molecular weight excluding hydrogens is 634 g/mol. The average molecular weight is 649 g/mol. The molecule has 0 spiro atoms. The zero-order valence-electron chi connectivity index (χ0n) is 15.4. The van der Waals surface area contributed by atoms with Crippen LogP contribution in [0.2, 0.25) is 5.02 Å². The number of nitro benzene ring substituents is 1. The fraction of sp³-hybridized carbons (Fsp3) is 0.0952. The zero-order chi connectivity index (χ0) is 21.5. The number of nitrogens with zero attached hydrogens (tertiary/aromatic N) is 2. The van der Waals surface area contributed by atoms with Gasteiger partial charge in [0.25, 0.3) is 5.69 Å². The van der Waals surface area contributed by atoms with Crippen molar-refractivity contribution in [2.24, 2.45) is 5.16 Å². The molecule has 3 aromatic rings. The third-order valence-corrected chi connectivity index (χ3v) is 5.80. The Labute approximate surface area is 205 Å². The minimum atomic E-state index is -0.437. The summed E-state index contributed by atoms with van der Waals surface area (Å²) in [6.07, 6.45) is 1.60. The van der Waals surface area contributed by atoms with Crippen LogP contribution in [-0.4, -0.2) is 11.1 Å². The molecule has 0 bridgehead atoms. The molecule has 0 aliphatic heterocycles. The van der Waals surface area contributed by atoms with Gasteiger partial charge in [0.05, 0.1) is 18.3 Å².